The van der Waals surface area contributed by atoms with E-state index in [2.05, 4.69) is 11.6 Å². The summed E-state index contributed by atoms with van der Waals surface area (Å²) in [5.74, 6) is 0.648. The minimum absolute atomic E-state index is 0.144. The largest absolute Gasteiger partial charge is 0.279 e. The average Bonchev–Trinajstić information content (AvgIpc) is 2.51. The highest BCUT2D eigenvalue weighted by Gasteiger charge is 2.27. The second-order valence-corrected chi connectivity index (χ2v) is 6.02. The maximum Gasteiger partial charge on any atom is 0.279 e. The molecular formula is C10H22N2O2S. The van der Waals surface area contributed by atoms with Gasteiger partial charge in [-0.15, -0.1) is 0 Å². The van der Waals surface area contributed by atoms with Crippen molar-refractivity contribution in [3.8, 4) is 0 Å². The minimum Gasteiger partial charge on any atom is -0.199 e. The molecule has 0 radical (unpaired) electrons. The van der Waals surface area contributed by atoms with Gasteiger partial charge in [0, 0.05) is 19.1 Å². The number of nitrogens with one attached hydrogen (secondary N) is 1. The molecule has 1 saturated carbocycles. The van der Waals surface area contributed by atoms with Gasteiger partial charge in [-0.3, -0.25) is 0 Å². The molecule has 0 amide bonds. The fourth-order valence-electron chi connectivity index (χ4n) is 2.16. The third-order valence-corrected chi connectivity index (χ3v) is 4.88. The minimum atomic E-state index is -3.25. The van der Waals surface area contributed by atoms with E-state index >= 15 is 0 Å². The summed E-state index contributed by atoms with van der Waals surface area (Å²) in [4.78, 5) is 0. The predicted octanol–water partition coefficient (Wildman–Crippen LogP) is 1.35. The molecule has 1 fully saturated rings. The highest BCUT2D eigenvalue weighted by molar-refractivity contribution is 7.87. The van der Waals surface area contributed by atoms with Gasteiger partial charge in [-0.2, -0.15) is 17.4 Å². The lowest BCUT2D eigenvalue weighted by molar-refractivity contribution is 0.424. The Bertz CT molecular complexity index is 286. The smallest absolute Gasteiger partial charge is 0.199 e. The molecule has 0 heterocycles. The standard InChI is InChI=1S/C10H22N2O2S/c1-4-12(5-2)15(13,14)11-10-7-6-9(3)8-10/h9-11H,4-8H2,1-3H3. The first-order valence-corrected chi connectivity index (χ1v) is 7.21. The summed E-state index contributed by atoms with van der Waals surface area (Å²) < 4.78 is 28.0. The molecule has 15 heavy (non-hydrogen) atoms. The van der Waals surface area contributed by atoms with Crippen LogP contribution in [0.3, 0.4) is 0 Å². The molecule has 0 spiro atoms. The lowest BCUT2D eigenvalue weighted by Gasteiger charge is -2.21. The van der Waals surface area contributed by atoms with Crippen LogP contribution in [-0.4, -0.2) is 31.9 Å². The van der Waals surface area contributed by atoms with Crippen LogP contribution in [0.2, 0.25) is 0 Å². The Morgan fingerprint density at radius 2 is 1.87 bits per heavy atom. The molecule has 0 aliphatic heterocycles. The second-order valence-electron chi connectivity index (χ2n) is 4.32. The van der Waals surface area contributed by atoms with Gasteiger partial charge in [-0.1, -0.05) is 20.8 Å². The fraction of sp³-hybridized carbons (Fsp3) is 1.00. The lowest BCUT2D eigenvalue weighted by atomic mass is 10.1. The Hall–Kier alpha value is -0.130. The van der Waals surface area contributed by atoms with Gasteiger partial charge < -0.3 is 0 Å². The van der Waals surface area contributed by atoms with E-state index in [-0.39, 0.29) is 6.04 Å². The zero-order valence-corrected chi connectivity index (χ0v) is 10.7. The molecule has 2 atom stereocenters. The summed E-state index contributed by atoms with van der Waals surface area (Å²) in [6, 6.07) is 0.144. The van der Waals surface area contributed by atoms with Gasteiger partial charge in [0.05, 0.1) is 0 Å². The molecule has 2 unspecified atom stereocenters. The Balaban J connectivity index is 2.56. The zero-order chi connectivity index (χ0) is 11.5. The van der Waals surface area contributed by atoms with Crippen molar-refractivity contribution in [3.63, 3.8) is 0 Å². The molecule has 0 bridgehead atoms. The molecule has 90 valence electrons. The summed E-state index contributed by atoms with van der Waals surface area (Å²) in [5.41, 5.74) is 0. The van der Waals surface area contributed by atoms with E-state index in [1.165, 1.54) is 4.31 Å². The monoisotopic (exact) mass is 234 g/mol. The third-order valence-electron chi connectivity index (χ3n) is 3.06. The molecule has 5 heteroatoms. The van der Waals surface area contributed by atoms with Gasteiger partial charge in [0.15, 0.2) is 0 Å². The van der Waals surface area contributed by atoms with E-state index in [1.54, 1.807) is 0 Å². The molecule has 1 aliphatic carbocycles. The van der Waals surface area contributed by atoms with E-state index in [4.69, 9.17) is 0 Å². The summed E-state index contributed by atoms with van der Waals surface area (Å²) in [6.45, 7) is 6.97. The van der Waals surface area contributed by atoms with E-state index in [9.17, 15) is 8.42 Å². The SMILES string of the molecule is CCN(CC)S(=O)(=O)NC1CCC(C)C1. The Kier molecular flexibility index (Phi) is 4.55. The third kappa shape index (κ3) is 3.43. The van der Waals surface area contributed by atoms with Crippen molar-refractivity contribution in [3.05, 3.63) is 0 Å². The Morgan fingerprint density at radius 3 is 2.27 bits per heavy atom. The highest BCUT2D eigenvalue weighted by Crippen LogP contribution is 2.25. The van der Waals surface area contributed by atoms with Crippen LogP contribution in [0.1, 0.15) is 40.0 Å². The molecule has 4 nitrogen and oxygen atoms in total. The summed E-state index contributed by atoms with van der Waals surface area (Å²) >= 11 is 0. The van der Waals surface area contributed by atoms with Crippen LogP contribution in [0.4, 0.5) is 0 Å². The van der Waals surface area contributed by atoms with Crippen molar-refractivity contribution in [2.45, 2.75) is 46.1 Å². The topological polar surface area (TPSA) is 49.4 Å². The number of hydrogen-bond acceptors (Lipinski definition) is 2. The fourth-order valence-corrected chi connectivity index (χ4v) is 3.63. The first kappa shape index (κ1) is 12.9. The van der Waals surface area contributed by atoms with Crippen LogP contribution in [0, 0.1) is 5.92 Å². The van der Waals surface area contributed by atoms with Gasteiger partial charge in [0.25, 0.3) is 10.2 Å². The van der Waals surface area contributed by atoms with E-state index < -0.39 is 10.2 Å². The molecule has 0 aromatic heterocycles. The van der Waals surface area contributed by atoms with Gasteiger partial charge in [0.1, 0.15) is 0 Å². The number of rotatable bonds is 5. The molecule has 0 aromatic rings. The molecule has 1 rings (SSSR count). The van der Waals surface area contributed by atoms with Crippen molar-refractivity contribution in [2.75, 3.05) is 13.1 Å². The van der Waals surface area contributed by atoms with Crippen LogP contribution in [0.25, 0.3) is 0 Å². The van der Waals surface area contributed by atoms with Gasteiger partial charge >= 0.3 is 0 Å². The average molecular weight is 234 g/mol. The predicted molar refractivity (Wildman–Crippen MR) is 61.8 cm³/mol. The van der Waals surface area contributed by atoms with E-state index in [1.807, 2.05) is 13.8 Å². The van der Waals surface area contributed by atoms with Gasteiger partial charge in [-0.25, -0.2) is 0 Å². The first-order valence-electron chi connectivity index (χ1n) is 5.77. The maximum absolute atomic E-state index is 11.9. The summed E-state index contributed by atoms with van der Waals surface area (Å²) in [5, 5.41) is 0. The van der Waals surface area contributed by atoms with Crippen molar-refractivity contribution in [1.82, 2.24) is 9.03 Å². The Morgan fingerprint density at radius 1 is 1.27 bits per heavy atom. The molecular weight excluding hydrogens is 212 g/mol. The normalized spacial score (nSPS) is 27.5. The van der Waals surface area contributed by atoms with Crippen molar-refractivity contribution in [1.29, 1.82) is 0 Å². The lowest BCUT2D eigenvalue weighted by Crippen LogP contribution is -2.44. The zero-order valence-electron chi connectivity index (χ0n) is 9.86. The molecule has 0 aromatic carbocycles. The van der Waals surface area contributed by atoms with Crippen LogP contribution < -0.4 is 4.72 Å². The second kappa shape index (κ2) is 5.27. The van der Waals surface area contributed by atoms with Gasteiger partial charge in [-0.05, 0) is 25.2 Å². The first-order chi connectivity index (χ1) is 6.99. The molecule has 1 aliphatic rings. The summed E-state index contributed by atoms with van der Waals surface area (Å²) in [6.07, 6.45) is 3.08. The van der Waals surface area contributed by atoms with Crippen molar-refractivity contribution >= 4 is 10.2 Å². The van der Waals surface area contributed by atoms with E-state index in [0.717, 1.165) is 19.3 Å². The summed E-state index contributed by atoms with van der Waals surface area (Å²) in [7, 11) is -3.25. The molecule has 1 N–H and O–H groups in total. The quantitative estimate of drug-likeness (QED) is 0.780. The van der Waals surface area contributed by atoms with Crippen LogP contribution in [0.5, 0.6) is 0 Å². The maximum atomic E-state index is 11.9. The van der Waals surface area contributed by atoms with Crippen LogP contribution in [-0.2, 0) is 10.2 Å². The van der Waals surface area contributed by atoms with Crippen molar-refractivity contribution < 1.29 is 8.42 Å². The van der Waals surface area contributed by atoms with Crippen molar-refractivity contribution in [2.24, 2.45) is 5.92 Å². The van der Waals surface area contributed by atoms with Gasteiger partial charge in [0.2, 0.25) is 0 Å². The van der Waals surface area contributed by atoms with Crippen LogP contribution in [0.15, 0.2) is 0 Å². The molecule has 0 saturated heterocycles. The Labute approximate surface area is 93.2 Å². The number of hydrogen-bond donors (Lipinski definition) is 1. The van der Waals surface area contributed by atoms with E-state index in [0.29, 0.717) is 19.0 Å². The van der Waals surface area contributed by atoms with Crippen LogP contribution >= 0.6 is 0 Å². The number of nitrogens with zero attached hydrogens (tertiary/aromatic N) is 1. The highest BCUT2D eigenvalue weighted by atomic mass is 32.2.